The SMILES string of the molecule is C[C@@H](N[S@](=O)C(C)(C)C)c1ccc2c(c1)oc1ccccc12. The summed E-state index contributed by atoms with van der Waals surface area (Å²) in [6, 6.07) is 14.2. The van der Waals surface area contributed by atoms with E-state index in [4.69, 9.17) is 4.42 Å². The number of nitrogens with one attached hydrogen (secondary N) is 1. The topological polar surface area (TPSA) is 42.2 Å². The zero-order valence-electron chi connectivity index (χ0n) is 13.3. The smallest absolute Gasteiger partial charge is 0.135 e. The van der Waals surface area contributed by atoms with Crippen molar-refractivity contribution in [2.75, 3.05) is 0 Å². The minimum absolute atomic E-state index is 0.00216. The Morgan fingerprint density at radius 2 is 1.73 bits per heavy atom. The molecule has 0 saturated heterocycles. The summed E-state index contributed by atoms with van der Waals surface area (Å²) in [5.74, 6) is 0. The molecule has 3 rings (SSSR count). The van der Waals surface area contributed by atoms with E-state index in [9.17, 15) is 4.21 Å². The van der Waals surface area contributed by atoms with Gasteiger partial charge in [-0.2, -0.15) is 0 Å². The standard InChI is InChI=1S/C18H21NO2S/c1-12(19-22(20)18(2,3)4)13-9-10-15-14-7-5-6-8-16(14)21-17(15)11-13/h5-12,19H,1-4H3/t12-,22-/m1/s1. The Morgan fingerprint density at radius 3 is 2.45 bits per heavy atom. The van der Waals surface area contributed by atoms with Gasteiger partial charge in [-0.15, -0.1) is 0 Å². The second kappa shape index (κ2) is 5.52. The maximum absolute atomic E-state index is 12.2. The average molecular weight is 315 g/mol. The minimum atomic E-state index is -1.10. The van der Waals surface area contributed by atoms with Crippen LogP contribution < -0.4 is 4.72 Å². The van der Waals surface area contributed by atoms with Crippen LogP contribution >= 0.6 is 0 Å². The number of hydrogen-bond donors (Lipinski definition) is 1. The van der Waals surface area contributed by atoms with E-state index < -0.39 is 11.0 Å². The van der Waals surface area contributed by atoms with Crippen LogP contribution in [0.25, 0.3) is 21.9 Å². The maximum atomic E-state index is 12.2. The second-order valence-corrected chi connectivity index (χ2v) is 8.57. The fourth-order valence-electron chi connectivity index (χ4n) is 2.42. The van der Waals surface area contributed by atoms with E-state index in [1.54, 1.807) is 0 Å². The molecule has 0 radical (unpaired) electrons. The quantitative estimate of drug-likeness (QED) is 0.761. The van der Waals surface area contributed by atoms with Crippen LogP contribution in [0, 0.1) is 0 Å². The third kappa shape index (κ3) is 2.81. The van der Waals surface area contributed by atoms with Crippen LogP contribution in [0.2, 0.25) is 0 Å². The zero-order valence-corrected chi connectivity index (χ0v) is 14.2. The van der Waals surface area contributed by atoms with Crippen molar-refractivity contribution in [2.24, 2.45) is 0 Å². The van der Waals surface area contributed by atoms with E-state index in [0.29, 0.717) is 0 Å². The number of fused-ring (bicyclic) bond motifs is 3. The highest BCUT2D eigenvalue weighted by atomic mass is 32.2. The van der Waals surface area contributed by atoms with Gasteiger partial charge in [0.2, 0.25) is 0 Å². The van der Waals surface area contributed by atoms with Crippen LogP contribution in [0.3, 0.4) is 0 Å². The van der Waals surface area contributed by atoms with Gasteiger partial charge in [-0.05, 0) is 45.4 Å². The summed E-state index contributed by atoms with van der Waals surface area (Å²) in [5.41, 5.74) is 2.84. The van der Waals surface area contributed by atoms with Crippen LogP contribution in [0.4, 0.5) is 0 Å². The summed E-state index contributed by atoms with van der Waals surface area (Å²) < 4.78 is 21.0. The highest BCUT2D eigenvalue weighted by Crippen LogP contribution is 2.30. The Hall–Kier alpha value is -1.65. The molecule has 2 aromatic carbocycles. The van der Waals surface area contributed by atoms with Crippen molar-refractivity contribution in [3.63, 3.8) is 0 Å². The summed E-state index contributed by atoms with van der Waals surface area (Å²) in [6.45, 7) is 7.91. The molecule has 0 bridgehead atoms. The predicted molar refractivity (Wildman–Crippen MR) is 93.2 cm³/mol. The second-order valence-electron chi connectivity index (χ2n) is 6.57. The van der Waals surface area contributed by atoms with Crippen molar-refractivity contribution in [3.8, 4) is 0 Å². The fourth-order valence-corrected chi connectivity index (χ4v) is 3.23. The predicted octanol–water partition coefficient (Wildman–Crippen LogP) is 4.70. The fraction of sp³-hybridized carbons (Fsp3) is 0.333. The first-order chi connectivity index (χ1) is 10.4. The van der Waals surface area contributed by atoms with Crippen LogP contribution in [0.5, 0.6) is 0 Å². The molecule has 2 atom stereocenters. The molecule has 0 aliphatic rings. The van der Waals surface area contributed by atoms with E-state index in [2.05, 4.69) is 22.9 Å². The molecular formula is C18H21NO2S. The summed E-state index contributed by atoms with van der Waals surface area (Å²) in [6.07, 6.45) is 0. The third-order valence-corrected chi connectivity index (χ3v) is 5.42. The number of benzene rings is 2. The monoisotopic (exact) mass is 315 g/mol. The number of hydrogen-bond acceptors (Lipinski definition) is 2. The van der Waals surface area contributed by atoms with E-state index in [1.165, 1.54) is 0 Å². The van der Waals surface area contributed by atoms with Gasteiger partial charge in [-0.1, -0.05) is 30.3 Å². The number of rotatable bonds is 3. The normalized spacial score (nSPS) is 15.3. The molecule has 0 aliphatic carbocycles. The first-order valence-corrected chi connectivity index (χ1v) is 8.60. The minimum Gasteiger partial charge on any atom is -0.456 e. The van der Waals surface area contributed by atoms with E-state index >= 15 is 0 Å². The van der Waals surface area contributed by atoms with Crippen LogP contribution in [0.1, 0.15) is 39.3 Å². The lowest BCUT2D eigenvalue weighted by atomic mass is 10.1. The van der Waals surface area contributed by atoms with Gasteiger partial charge in [-0.3, -0.25) is 0 Å². The Kier molecular flexibility index (Phi) is 3.83. The van der Waals surface area contributed by atoms with Gasteiger partial charge in [0.1, 0.15) is 11.2 Å². The van der Waals surface area contributed by atoms with Gasteiger partial charge in [0.15, 0.2) is 0 Å². The lowest BCUT2D eigenvalue weighted by Gasteiger charge is -2.22. The highest BCUT2D eigenvalue weighted by molar-refractivity contribution is 7.84. The molecule has 0 unspecified atom stereocenters. The van der Waals surface area contributed by atoms with E-state index in [1.807, 2.05) is 52.0 Å². The molecule has 0 amide bonds. The molecular weight excluding hydrogens is 294 g/mol. The highest BCUT2D eigenvalue weighted by Gasteiger charge is 2.22. The zero-order chi connectivity index (χ0) is 15.9. The van der Waals surface area contributed by atoms with Crippen molar-refractivity contribution in [2.45, 2.75) is 38.5 Å². The molecule has 22 heavy (non-hydrogen) atoms. The molecule has 1 N–H and O–H groups in total. The van der Waals surface area contributed by atoms with Crippen molar-refractivity contribution in [3.05, 3.63) is 48.0 Å². The number of furan rings is 1. The van der Waals surface area contributed by atoms with Gasteiger partial charge >= 0.3 is 0 Å². The van der Waals surface area contributed by atoms with Gasteiger partial charge < -0.3 is 4.42 Å². The first kappa shape index (κ1) is 15.3. The van der Waals surface area contributed by atoms with Gasteiger partial charge in [-0.25, -0.2) is 8.93 Å². The average Bonchev–Trinajstić information content (AvgIpc) is 2.83. The van der Waals surface area contributed by atoms with Crippen molar-refractivity contribution >= 4 is 32.9 Å². The van der Waals surface area contributed by atoms with Crippen LogP contribution in [-0.4, -0.2) is 8.96 Å². The van der Waals surface area contributed by atoms with Crippen molar-refractivity contribution < 1.29 is 8.63 Å². The molecule has 0 fully saturated rings. The van der Waals surface area contributed by atoms with E-state index in [0.717, 1.165) is 27.5 Å². The summed E-state index contributed by atoms with van der Waals surface area (Å²) in [7, 11) is -1.10. The molecule has 1 aromatic heterocycles. The lowest BCUT2D eigenvalue weighted by Crippen LogP contribution is -2.34. The Balaban J connectivity index is 1.95. The maximum Gasteiger partial charge on any atom is 0.135 e. The third-order valence-electron chi connectivity index (χ3n) is 3.74. The lowest BCUT2D eigenvalue weighted by molar-refractivity contribution is 0.615. The Bertz CT molecular complexity index is 845. The van der Waals surface area contributed by atoms with Gasteiger partial charge in [0.25, 0.3) is 0 Å². The molecule has 0 aliphatic heterocycles. The molecule has 3 aromatic rings. The molecule has 0 saturated carbocycles. The van der Waals surface area contributed by atoms with Crippen LogP contribution in [0.15, 0.2) is 46.9 Å². The molecule has 4 heteroatoms. The number of para-hydroxylation sites is 1. The Labute approximate surface area is 133 Å². The summed E-state index contributed by atoms with van der Waals surface area (Å²) in [5, 5.41) is 2.24. The first-order valence-electron chi connectivity index (χ1n) is 7.45. The summed E-state index contributed by atoms with van der Waals surface area (Å²) in [4.78, 5) is 0. The molecule has 3 nitrogen and oxygen atoms in total. The summed E-state index contributed by atoms with van der Waals surface area (Å²) >= 11 is 0. The van der Waals surface area contributed by atoms with E-state index in [-0.39, 0.29) is 10.8 Å². The molecule has 116 valence electrons. The molecule has 0 spiro atoms. The van der Waals surface area contributed by atoms with Crippen molar-refractivity contribution in [1.29, 1.82) is 0 Å². The van der Waals surface area contributed by atoms with Crippen LogP contribution in [-0.2, 0) is 11.0 Å². The largest absolute Gasteiger partial charge is 0.456 e. The van der Waals surface area contributed by atoms with Crippen molar-refractivity contribution in [1.82, 2.24) is 4.72 Å². The Morgan fingerprint density at radius 1 is 1.05 bits per heavy atom. The van der Waals surface area contributed by atoms with Gasteiger partial charge in [0, 0.05) is 16.8 Å². The van der Waals surface area contributed by atoms with Gasteiger partial charge in [0.05, 0.1) is 15.7 Å². The molecule has 1 heterocycles.